The van der Waals surface area contributed by atoms with Crippen LogP contribution in [0.2, 0.25) is 0 Å². The third kappa shape index (κ3) is 8.66. The number of ether oxygens (including phenoxy) is 9. The van der Waals surface area contributed by atoms with Crippen LogP contribution in [-0.2, 0) is 35.0 Å². The van der Waals surface area contributed by atoms with Crippen molar-refractivity contribution in [3.8, 4) is 28.7 Å². The fourth-order valence-corrected chi connectivity index (χ4v) is 9.20. The molecule has 17 nitrogen and oxygen atoms in total. The quantitative estimate of drug-likeness (QED) is 0.0934. The van der Waals surface area contributed by atoms with Gasteiger partial charge >= 0.3 is 5.97 Å². The summed E-state index contributed by atoms with van der Waals surface area (Å²) in [4.78, 5) is 26.0. The van der Waals surface area contributed by atoms with Crippen molar-refractivity contribution in [3.05, 3.63) is 98.7 Å². The van der Waals surface area contributed by atoms with Crippen LogP contribution in [0.1, 0.15) is 69.6 Å². The van der Waals surface area contributed by atoms with E-state index in [9.17, 15) is 24.9 Å². The van der Waals surface area contributed by atoms with Gasteiger partial charge in [-0.1, -0.05) is 18.2 Å². The monoisotopic (exact) mass is 877 g/mol. The number of fused-ring (bicyclic) bond motifs is 4. The van der Waals surface area contributed by atoms with Gasteiger partial charge in [0.15, 0.2) is 35.6 Å². The van der Waals surface area contributed by atoms with Crippen molar-refractivity contribution < 1.29 is 67.5 Å². The van der Waals surface area contributed by atoms with E-state index in [0.717, 1.165) is 17.0 Å². The van der Waals surface area contributed by atoms with E-state index in [1.807, 2.05) is 68.7 Å². The Morgan fingerprint density at radius 1 is 0.919 bits per heavy atom. The number of hydrogen-bond donors (Lipinski definition) is 6. The van der Waals surface area contributed by atoms with E-state index < -0.39 is 66.8 Å². The second-order valence-electron chi connectivity index (χ2n) is 15.7. The number of amides is 1. The molecule has 6 N–H and O–H groups in total. The highest BCUT2D eigenvalue weighted by atomic mass is 32.1. The number of benzene rings is 3. The Labute approximate surface area is 362 Å². The number of hydrazine groups is 1. The maximum atomic E-state index is 13.5. The average molecular weight is 878 g/mol. The van der Waals surface area contributed by atoms with Crippen LogP contribution in [-0.4, -0.2) is 105 Å². The summed E-state index contributed by atoms with van der Waals surface area (Å²) in [6, 6.07) is 18.4. The molecule has 0 saturated carbocycles. The molecule has 18 heteroatoms. The second-order valence-corrected chi connectivity index (χ2v) is 16.7. The molecule has 3 saturated heterocycles. The third-order valence-electron chi connectivity index (χ3n) is 11.5. The van der Waals surface area contributed by atoms with Gasteiger partial charge in [-0.05, 0) is 91.0 Å². The van der Waals surface area contributed by atoms with Crippen molar-refractivity contribution in [3.63, 3.8) is 0 Å². The molecule has 4 aromatic rings. The Morgan fingerprint density at radius 2 is 1.63 bits per heavy atom. The summed E-state index contributed by atoms with van der Waals surface area (Å²) < 4.78 is 52.6. The number of carbonyl (C=O) groups is 2. The first-order chi connectivity index (χ1) is 30.0. The van der Waals surface area contributed by atoms with E-state index in [4.69, 9.17) is 42.6 Å². The predicted octanol–water partition coefficient (Wildman–Crippen LogP) is 3.80. The van der Waals surface area contributed by atoms with Gasteiger partial charge in [0.2, 0.25) is 12.5 Å². The standard InChI is InChI=1S/C32H32O13S.C12H19N3O/c1-37-19-6-13(7-20(38-2)25(19)33)23-14-8-17-18(42-12-41-17)9-15(14)28(16-10-39-30(36)24(16)23)44-32-27(35)26(34)29-21(43-32)11-40-31(45-29)22-4-3-5-46-22;1-9(2)15-12(16)11-6-4-10(5-7-11)8-14-13-3/h3-9,16,21,23-24,26-29,31-35H,10-12H2,1-2H3;4-7,9,13-14H,8H2,1-3H3,(H,15,16)/t16?,21-,23-,24+,26-,27-,28?,29-,31?,32+;/m1./s1. The number of aromatic hydroxyl groups is 1. The van der Waals surface area contributed by atoms with Crippen molar-refractivity contribution >= 4 is 23.2 Å². The number of rotatable bonds is 11. The largest absolute Gasteiger partial charge is 0.502 e. The van der Waals surface area contributed by atoms with Crippen molar-refractivity contribution in [2.75, 3.05) is 41.3 Å². The molecule has 10 atom stereocenters. The Hall–Kier alpha value is -5.02. The lowest BCUT2D eigenvalue weighted by Crippen LogP contribution is -2.62. The summed E-state index contributed by atoms with van der Waals surface area (Å²) in [6.45, 7) is 4.80. The number of esters is 1. The molecular formula is C44H51N3O14S. The lowest BCUT2D eigenvalue weighted by atomic mass is 9.66. The molecule has 5 aliphatic rings. The minimum Gasteiger partial charge on any atom is -0.502 e. The van der Waals surface area contributed by atoms with Gasteiger partial charge in [0, 0.05) is 30.0 Å². The summed E-state index contributed by atoms with van der Waals surface area (Å²) in [5, 5.41) is 37.9. The lowest BCUT2D eigenvalue weighted by molar-refractivity contribution is -0.368. The number of aliphatic hydroxyl groups excluding tert-OH is 2. The van der Waals surface area contributed by atoms with Crippen molar-refractivity contribution in [2.24, 2.45) is 11.8 Å². The molecule has 4 aliphatic heterocycles. The molecule has 5 heterocycles. The Morgan fingerprint density at radius 3 is 2.27 bits per heavy atom. The molecule has 0 radical (unpaired) electrons. The number of phenolic OH excluding ortho intramolecular Hbond substituents is 1. The van der Waals surface area contributed by atoms with Crippen LogP contribution < -0.4 is 35.1 Å². The third-order valence-corrected chi connectivity index (χ3v) is 12.4. The van der Waals surface area contributed by atoms with Crippen molar-refractivity contribution in [1.82, 2.24) is 16.2 Å². The van der Waals surface area contributed by atoms with Gasteiger partial charge in [-0.15, -0.1) is 11.3 Å². The van der Waals surface area contributed by atoms with Crippen LogP contribution in [0.4, 0.5) is 0 Å². The fraction of sp³-hybridized carbons (Fsp3) is 0.455. The molecule has 3 aromatic carbocycles. The molecule has 9 rings (SSSR count). The molecule has 3 unspecified atom stereocenters. The van der Waals surface area contributed by atoms with Crippen LogP contribution in [0.25, 0.3) is 0 Å². The molecule has 0 bridgehead atoms. The smallest absolute Gasteiger partial charge is 0.310 e. The van der Waals surface area contributed by atoms with E-state index in [1.54, 1.807) is 18.2 Å². The van der Waals surface area contributed by atoms with E-state index in [0.29, 0.717) is 33.8 Å². The first-order valence-electron chi connectivity index (χ1n) is 20.3. The number of carbonyl (C=O) groups excluding carboxylic acids is 2. The molecule has 3 fully saturated rings. The average Bonchev–Trinajstić information content (AvgIpc) is 4.07. The summed E-state index contributed by atoms with van der Waals surface area (Å²) in [7, 11) is 4.69. The van der Waals surface area contributed by atoms with Gasteiger partial charge in [0.1, 0.15) is 24.4 Å². The normalized spacial score (nSPS) is 28.2. The molecule has 1 aliphatic carbocycles. The van der Waals surface area contributed by atoms with Gasteiger partial charge in [0.25, 0.3) is 5.91 Å². The minimum absolute atomic E-state index is 0.0242. The van der Waals surface area contributed by atoms with Crippen LogP contribution in [0, 0.1) is 11.8 Å². The Balaban J connectivity index is 0.000000281. The maximum absolute atomic E-state index is 13.5. The van der Waals surface area contributed by atoms with Gasteiger partial charge in [0.05, 0.1) is 44.3 Å². The predicted molar refractivity (Wildman–Crippen MR) is 221 cm³/mol. The highest BCUT2D eigenvalue weighted by molar-refractivity contribution is 7.10. The minimum atomic E-state index is -1.47. The van der Waals surface area contributed by atoms with Gasteiger partial charge in [-0.25, -0.2) is 0 Å². The number of nitrogens with one attached hydrogen (secondary N) is 3. The van der Waals surface area contributed by atoms with E-state index in [1.165, 1.54) is 25.6 Å². The zero-order valence-corrected chi connectivity index (χ0v) is 35.6. The van der Waals surface area contributed by atoms with Gasteiger partial charge in [-0.3, -0.25) is 20.4 Å². The first kappa shape index (κ1) is 43.6. The van der Waals surface area contributed by atoms with Crippen LogP contribution in [0.5, 0.6) is 28.7 Å². The first-order valence-corrected chi connectivity index (χ1v) is 21.2. The van der Waals surface area contributed by atoms with E-state index >= 15 is 0 Å². The summed E-state index contributed by atoms with van der Waals surface area (Å²) >= 11 is 1.46. The van der Waals surface area contributed by atoms with E-state index in [-0.39, 0.29) is 49.2 Å². The number of hydrogen-bond acceptors (Lipinski definition) is 17. The van der Waals surface area contributed by atoms with Crippen LogP contribution in [0.3, 0.4) is 0 Å². The highest BCUT2D eigenvalue weighted by Crippen LogP contribution is 2.57. The molecule has 62 heavy (non-hydrogen) atoms. The Kier molecular flexibility index (Phi) is 13.2. The topological polar surface area (TPSA) is 214 Å². The van der Waals surface area contributed by atoms with E-state index in [2.05, 4.69) is 16.2 Å². The summed E-state index contributed by atoms with van der Waals surface area (Å²) in [5.74, 6) is -1.11. The SMILES string of the molecule is CNNCc1ccc(C(=O)NC(C)C)cc1.COc1cc([C@@H]2c3cc4c(cc3C(O[C@@H]3O[C@@H]5COC(c6cccs6)O[C@H]5[C@H](O)[C@H]3O)C3COC(=O)[C@@H]32)OCO4)cc(OC)c1O. The molecule has 332 valence electrons. The molecule has 1 aromatic heterocycles. The number of phenols is 1. The van der Waals surface area contributed by atoms with Crippen molar-refractivity contribution in [1.29, 1.82) is 0 Å². The number of methoxy groups -OCH3 is 2. The van der Waals surface area contributed by atoms with Gasteiger partial charge < -0.3 is 63.3 Å². The van der Waals surface area contributed by atoms with Crippen LogP contribution >= 0.6 is 11.3 Å². The van der Waals surface area contributed by atoms with Gasteiger partial charge in [-0.2, -0.15) is 0 Å². The second kappa shape index (κ2) is 18.8. The fourth-order valence-electron chi connectivity index (χ4n) is 8.49. The Bertz CT molecular complexity index is 2180. The summed E-state index contributed by atoms with van der Waals surface area (Å²) in [6.07, 6.45) is -7.16. The number of thiophene rings is 1. The maximum Gasteiger partial charge on any atom is 0.310 e. The van der Waals surface area contributed by atoms with Crippen molar-refractivity contribution in [2.45, 2.75) is 75.5 Å². The van der Waals surface area contributed by atoms with Crippen LogP contribution in [0.15, 0.2) is 66.0 Å². The molecule has 1 amide bonds. The number of cyclic esters (lactones) is 1. The summed E-state index contributed by atoms with van der Waals surface area (Å²) in [5.41, 5.74) is 9.68. The molecule has 0 spiro atoms. The highest BCUT2D eigenvalue weighted by Gasteiger charge is 2.56. The lowest BCUT2D eigenvalue weighted by Gasteiger charge is -2.48. The zero-order valence-electron chi connectivity index (χ0n) is 34.8. The number of aliphatic hydroxyl groups is 2. The zero-order chi connectivity index (χ0) is 43.7. The molecular weight excluding hydrogens is 827 g/mol.